The average Bonchev–Trinajstić information content (AvgIpc) is 2.84. The summed E-state index contributed by atoms with van der Waals surface area (Å²) in [4.78, 5) is 26.5. The Morgan fingerprint density at radius 1 is 1.19 bits per heavy atom. The lowest BCUT2D eigenvalue weighted by atomic mass is 9.99. The summed E-state index contributed by atoms with van der Waals surface area (Å²) in [6.45, 7) is 8.89. The first kappa shape index (κ1) is 19.1. The molecule has 0 N–H and O–H groups in total. The van der Waals surface area contributed by atoms with E-state index in [4.69, 9.17) is 4.74 Å². The van der Waals surface area contributed by atoms with Gasteiger partial charge in [0.05, 0.1) is 11.3 Å². The second kappa shape index (κ2) is 6.80. The minimum absolute atomic E-state index is 0.0521. The number of carbonyl (C=O) groups excluding carboxylic acids is 2. The minimum Gasteiger partial charge on any atom is -0.443 e. The van der Waals surface area contributed by atoms with Gasteiger partial charge in [-0.15, -0.1) is 0 Å². The normalized spacial score (nSPS) is 16.4. The van der Waals surface area contributed by atoms with Gasteiger partial charge >= 0.3 is 6.09 Å². The molecule has 4 nitrogen and oxygen atoms in total. The van der Waals surface area contributed by atoms with Crippen LogP contribution in [0, 0.1) is 5.82 Å². The summed E-state index contributed by atoms with van der Waals surface area (Å²) in [5, 5.41) is 0. The topological polar surface area (TPSA) is 46.6 Å². The summed E-state index contributed by atoms with van der Waals surface area (Å²) in [5.74, 6) is -1.03. The molecule has 0 saturated heterocycles. The van der Waals surface area contributed by atoms with Gasteiger partial charge in [0.1, 0.15) is 17.5 Å². The maximum absolute atomic E-state index is 14.8. The summed E-state index contributed by atoms with van der Waals surface area (Å²) in [7, 11) is 0. The van der Waals surface area contributed by atoms with Gasteiger partial charge in [-0.2, -0.15) is 0 Å². The van der Waals surface area contributed by atoms with Crippen molar-refractivity contribution in [2.24, 2.45) is 0 Å². The number of carbonyl (C=O) groups is 2. The highest BCUT2D eigenvalue weighted by molar-refractivity contribution is 6.17. The number of benzene rings is 2. The van der Waals surface area contributed by atoms with E-state index in [1.807, 2.05) is 31.2 Å². The molecular weight excluding hydrogens is 345 g/mol. The number of anilines is 1. The zero-order chi connectivity index (χ0) is 19.9. The first-order valence-corrected chi connectivity index (χ1v) is 9.11. The summed E-state index contributed by atoms with van der Waals surface area (Å²) in [5.41, 5.74) is 2.09. The van der Waals surface area contributed by atoms with Crippen molar-refractivity contribution in [3.05, 3.63) is 53.3 Å². The Labute approximate surface area is 158 Å². The fraction of sp³-hybridized carbons (Fsp3) is 0.364. The van der Waals surface area contributed by atoms with Gasteiger partial charge in [0.15, 0.2) is 5.78 Å². The molecule has 3 rings (SSSR count). The van der Waals surface area contributed by atoms with Crippen molar-refractivity contribution >= 4 is 17.6 Å². The number of nitrogens with zero attached hydrogens (tertiary/aromatic N) is 1. The largest absolute Gasteiger partial charge is 0.443 e. The molecule has 5 heteroatoms. The number of aryl methyl sites for hydroxylation is 1. The number of hydrogen-bond acceptors (Lipinski definition) is 3. The third kappa shape index (κ3) is 3.59. The van der Waals surface area contributed by atoms with Gasteiger partial charge in [-0.05, 0) is 62.9 Å². The molecule has 0 spiro atoms. The van der Waals surface area contributed by atoms with Crippen LogP contribution in [-0.2, 0) is 11.2 Å². The van der Waals surface area contributed by atoms with Crippen molar-refractivity contribution in [3.63, 3.8) is 0 Å². The van der Waals surface area contributed by atoms with Gasteiger partial charge in [-0.1, -0.05) is 31.2 Å². The SMILES string of the molecule is CCc1cccc(-c2cc(F)c3c(c2)N(C(=O)OC(C)(C)C)C(C)C3=O)c1. The van der Waals surface area contributed by atoms with Crippen molar-refractivity contribution in [1.29, 1.82) is 0 Å². The Morgan fingerprint density at radius 2 is 1.89 bits per heavy atom. The number of hydrogen-bond donors (Lipinski definition) is 0. The molecule has 1 amide bonds. The van der Waals surface area contributed by atoms with Crippen molar-refractivity contribution in [1.82, 2.24) is 0 Å². The van der Waals surface area contributed by atoms with Gasteiger partial charge < -0.3 is 4.74 Å². The Bertz CT molecular complexity index is 914. The molecule has 2 aromatic rings. The predicted octanol–water partition coefficient (Wildman–Crippen LogP) is 5.38. The van der Waals surface area contributed by atoms with Crippen LogP contribution >= 0.6 is 0 Å². The lowest BCUT2D eigenvalue weighted by Gasteiger charge is -2.27. The summed E-state index contributed by atoms with van der Waals surface area (Å²) in [6, 6.07) is 10.0. The monoisotopic (exact) mass is 369 g/mol. The predicted molar refractivity (Wildman–Crippen MR) is 104 cm³/mol. The number of fused-ring (bicyclic) bond motifs is 1. The van der Waals surface area contributed by atoms with Crippen LogP contribution in [-0.4, -0.2) is 23.5 Å². The number of Topliss-reactive ketones (excluding diaryl/α,β-unsaturated/α-hetero) is 1. The van der Waals surface area contributed by atoms with Crippen LogP contribution < -0.4 is 4.90 Å². The number of ketones is 1. The summed E-state index contributed by atoms with van der Waals surface area (Å²) < 4.78 is 20.2. The smallest absolute Gasteiger partial charge is 0.415 e. The lowest BCUT2D eigenvalue weighted by Crippen LogP contribution is -2.41. The average molecular weight is 369 g/mol. The molecule has 0 aliphatic carbocycles. The number of halogens is 1. The first-order chi connectivity index (χ1) is 12.6. The number of rotatable bonds is 2. The quantitative estimate of drug-likeness (QED) is 0.714. The molecule has 0 radical (unpaired) electrons. The van der Waals surface area contributed by atoms with Gasteiger partial charge in [0.25, 0.3) is 0 Å². The van der Waals surface area contributed by atoms with Crippen molar-refractivity contribution in [2.75, 3.05) is 4.90 Å². The third-order valence-electron chi connectivity index (χ3n) is 4.60. The van der Waals surface area contributed by atoms with Gasteiger partial charge in [0.2, 0.25) is 0 Å². The minimum atomic E-state index is -0.804. The Morgan fingerprint density at radius 3 is 2.52 bits per heavy atom. The molecule has 0 saturated carbocycles. The van der Waals surface area contributed by atoms with Crippen molar-refractivity contribution < 1.29 is 18.7 Å². The van der Waals surface area contributed by atoms with Crippen molar-refractivity contribution in [2.45, 2.75) is 52.7 Å². The molecule has 0 bridgehead atoms. The highest BCUT2D eigenvalue weighted by atomic mass is 19.1. The lowest BCUT2D eigenvalue weighted by molar-refractivity contribution is 0.0564. The highest BCUT2D eigenvalue weighted by Gasteiger charge is 2.42. The van der Waals surface area contributed by atoms with E-state index in [1.54, 1.807) is 33.8 Å². The number of ether oxygens (including phenoxy) is 1. The molecule has 1 heterocycles. The van der Waals surface area contributed by atoms with E-state index < -0.39 is 29.3 Å². The van der Waals surface area contributed by atoms with Crippen molar-refractivity contribution in [3.8, 4) is 11.1 Å². The van der Waals surface area contributed by atoms with E-state index in [2.05, 4.69) is 0 Å². The second-order valence-electron chi connectivity index (χ2n) is 7.80. The van der Waals surface area contributed by atoms with Crippen LogP contribution in [0.1, 0.15) is 50.5 Å². The second-order valence-corrected chi connectivity index (χ2v) is 7.80. The Kier molecular flexibility index (Phi) is 4.81. The molecule has 142 valence electrons. The molecule has 0 fully saturated rings. The molecule has 27 heavy (non-hydrogen) atoms. The molecule has 1 atom stereocenters. The maximum Gasteiger partial charge on any atom is 0.415 e. The van der Waals surface area contributed by atoms with Crippen LogP contribution in [0.4, 0.5) is 14.9 Å². The standard InChI is InChI=1S/C22H24FNO3/c1-6-14-8-7-9-15(10-14)16-11-17(23)19-18(12-16)24(13(2)20(19)25)21(26)27-22(3,4)5/h7-13H,6H2,1-5H3. The molecule has 2 aromatic carbocycles. The zero-order valence-corrected chi connectivity index (χ0v) is 16.3. The van der Waals surface area contributed by atoms with Crippen LogP contribution in [0.15, 0.2) is 36.4 Å². The fourth-order valence-corrected chi connectivity index (χ4v) is 3.27. The first-order valence-electron chi connectivity index (χ1n) is 9.11. The Balaban J connectivity index is 2.11. The van der Waals surface area contributed by atoms with Gasteiger partial charge in [0, 0.05) is 0 Å². The molecule has 1 aliphatic heterocycles. The van der Waals surface area contributed by atoms with E-state index in [0.717, 1.165) is 17.5 Å². The van der Waals surface area contributed by atoms with E-state index in [0.29, 0.717) is 5.56 Å². The van der Waals surface area contributed by atoms with Crippen LogP contribution in [0.5, 0.6) is 0 Å². The molecule has 0 aromatic heterocycles. The zero-order valence-electron chi connectivity index (χ0n) is 16.3. The van der Waals surface area contributed by atoms with E-state index in [9.17, 15) is 14.0 Å². The third-order valence-corrected chi connectivity index (χ3v) is 4.60. The summed E-state index contributed by atoms with van der Waals surface area (Å²) in [6.07, 6.45) is 0.210. The van der Waals surface area contributed by atoms with Gasteiger partial charge in [-0.25, -0.2) is 9.18 Å². The summed E-state index contributed by atoms with van der Waals surface area (Å²) >= 11 is 0. The van der Waals surface area contributed by atoms with Crippen LogP contribution in [0.25, 0.3) is 11.1 Å². The van der Waals surface area contributed by atoms with E-state index in [-0.39, 0.29) is 11.3 Å². The van der Waals surface area contributed by atoms with E-state index >= 15 is 0 Å². The van der Waals surface area contributed by atoms with Gasteiger partial charge in [-0.3, -0.25) is 9.69 Å². The highest BCUT2D eigenvalue weighted by Crippen LogP contribution is 2.38. The number of amides is 1. The van der Waals surface area contributed by atoms with Crippen LogP contribution in [0.2, 0.25) is 0 Å². The maximum atomic E-state index is 14.8. The van der Waals surface area contributed by atoms with E-state index in [1.165, 1.54) is 11.0 Å². The fourth-order valence-electron chi connectivity index (χ4n) is 3.27. The molecule has 1 aliphatic rings. The molecular formula is C22H24FNO3. The van der Waals surface area contributed by atoms with Crippen LogP contribution in [0.3, 0.4) is 0 Å². The molecule has 1 unspecified atom stereocenters. The Hall–Kier alpha value is -2.69.